The van der Waals surface area contributed by atoms with Crippen LogP contribution in [0, 0.1) is 5.92 Å². The fourth-order valence-corrected chi connectivity index (χ4v) is 3.57. The van der Waals surface area contributed by atoms with Gasteiger partial charge in [0.25, 0.3) is 0 Å². The molecule has 1 aromatic carbocycles. The molecule has 0 N–H and O–H groups in total. The highest BCUT2D eigenvalue weighted by atomic mass is 32.1. The van der Waals surface area contributed by atoms with E-state index in [9.17, 15) is 4.79 Å². The molecule has 21 heavy (non-hydrogen) atoms. The number of Topliss-reactive ketones (excluding diaryl/α,β-unsaturated/α-hetero) is 1. The Morgan fingerprint density at radius 1 is 1.29 bits per heavy atom. The number of fused-ring (bicyclic) bond motifs is 1. The Kier molecular flexibility index (Phi) is 3.04. The molecule has 0 spiro atoms. The van der Waals surface area contributed by atoms with Gasteiger partial charge in [-0.25, -0.2) is 0 Å². The number of hydrogen-bond acceptors (Lipinski definition) is 4. The first-order chi connectivity index (χ1) is 10.3. The number of benzene rings is 1. The van der Waals surface area contributed by atoms with Gasteiger partial charge in [0.2, 0.25) is 0 Å². The average Bonchev–Trinajstić information content (AvgIpc) is 3.19. The van der Waals surface area contributed by atoms with Gasteiger partial charge in [-0.1, -0.05) is 18.2 Å². The lowest BCUT2D eigenvalue weighted by Crippen LogP contribution is -2.06. The minimum atomic E-state index is 0.173. The molecule has 4 rings (SSSR count). The molecule has 2 heterocycles. The zero-order valence-corrected chi connectivity index (χ0v) is 12.2. The highest BCUT2D eigenvalue weighted by Gasteiger charge is 2.43. The fraction of sp³-hybridized carbons (Fsp3) is 0.235. The molecule has 4 heteroatoms. The molecule has 2 atom stereocenters. The van der Waals surface area contributed by atoms with Gasteiger partial charge < -0.3 is 0 Å². The summed E-state index contributed by atoms with van der Waals surface area (Å²) < 4.78 is 5.32. The van der Waals surface area contributed by atoms with Gasteiger partial charge in [-0.05, 0) is 47.1 Å². The average molecular weight is 294 g/mol. The van der Waals surface area contributed by atoms with Crippen molar-refractivity contribution in [1.29, 1.82) is 0 Å². The van der Waals surface area contributed by atoms with Crippen molar-refractivity contribution in [2.75, 3.05) is 0 Å². The van der Waals surface area contributed by atoms with Gasteiger partial charge in [-0.15, -0.1) is 0 Å². The van der Waals surface area contributed by atoms with Gasteiger partial charge in [0, 0.05) is 36.3 Å². The number of carbonyl (C=O) groups is 1. The third-order valence-corrected chi connectivity index (χ3v) is 4.88. The second-order valence-electron chi connectivity index (χ2n) is 5.58. The molecular weight excluding hydrogens is 280 g/mol. The van der Waals surface area contributed by atoms with E-state index >= 15 is 0 Å². The normalized spacial score (nSPS) is 20.6. The first-order valence-electron chi connectivity index (χ1n) is 7.07. The van der Waals surface area contributed by atoms with E-state index in [0.717, 1.165) is 22.1 Å². The SMILES string of the molecule is O=C(Cc1ccc2cnsc2c1)[C@@H]1CC1c1cccnc1. The zero-order valence-electron chi connectivity index (χ0n) is 11.4. The van der Waals surface area contributed by atoms with E-state index in [2.05, 4.69) is 21.5 Å². The van der Waals surface area contributed by atoms with Gasteiger partial charge in [-0.2, -0.15) is 4.37 Å². The maximum atomic E-state index is 12.4. The molecular formula is C17H14N2OS. The van der Waals surface area contributed by atoms with Gasteiger partial charge in [0.1, 0.15) is 5.78 Å². The quantitative estimate of drug-likeness (QED) is 0.738. The lowest BCUT2D eigenvalue weighted by atomic mass is 10.0. The topological polar surface area (TPSA) is 42.9 Å². The first-order valence-corrected chi connectivity index (χ1v) is 7.84. The van der Waals surface area contributed by atoms with Crippen LogP contribution in [-0.4, -0.2) is 15.1 Å². The van der Waals surface area contributed by atoms with Crippen LogP contribution < -0.4 is 0 Å². The van der Waals surface area contributed by atoms with Crippen LogP contribution in [0.3, 0.4) is 0 Å². The monoisotopic (exact) mass is 294 g/mol. The predicted octanol–water partition coefficient (Wildman–Crippen LogP) is 3.61. The fourth-order valence-electron chi connectivity index (χ4n) is 2.86. The van der Waals surface area contributed by atoms with Crippen LogP contribution in [0.15, 0.2) is 48.9 Å². The van der Waals surface area contributed by atoms with E-state index in [-0.39, 0.29) is 5.92 Å². The predicted molar refractivity (Wildman–Crippen MR) is 83.4 cm³/mol. The molecule has 3 nitrogen and oxygen atoms in total. The summed E-state index contributed by atoms with van der Waals surface area (Å²) in [7, 11) is 0. The number of rotatable bonds is 4. The summed E-state index contributed by atoms with van der Waals surface area (Å²) in [6.07, 6.45) is 7.00. The minimum absolute atomic E-state index is 0.173. The number of hydrogen-bond donors (Lipinski definition) is 0. The summed E-state index contributed by atoms with van der Waals surface area (Å²) in [5.41, 5.74) is 2.28. The van der Waals surface area contributed by atoms with Crippen molar-refractivity contribution in [2.45, 2.75) is 18.8 Å². The van der Waals surface area contributed by atoms with Crippen molar-refractivity contribution < 1.29 is 4.79 Å². The molecule has 2 aromatic heterocycles. The molecule has 1 unspecified atom stereocenters. The van der Waals surface area contributed by atoms with Crippen LogP contribution in [0.2, 0.25) is 0 Å². The van der Waals surface area contributed by atoms with E-state index in [4.69, 9.17) is 0 Å². The number of aromatic nitrogens is 2. The lowest BCUT2D eigenvalue weighted by molar-refractivity contribution is -0.119. The van der Waals surface area contributed by atoms with E-state index in [1.165, 1.54) is 17.1 Å². The largest absolute Gasteiger partial charge is 0.299 e. The maximum absolute atomic E-state index is 12.4. The van der Waals surface area contributed by atoms with Crippen LogP contribution >= 0.6 is 11.5 Å². The summed E-state index contributed by atoms with van der Waals surface area (Å²) in [6, 6.07) is 10.2. The van der Waals surface area contributed by atoms with Crippen molar-refractivity contribution in [1.82, 2.24) is 9.36 Å². The third kappa shape index (κ3) is 2.47. The maximum Gasteiger partial charge on any atom is 0.140 e. The van der Waals surface area contributed by atoms with Crippen molar-refractivity contribution >= 4 is 27.4 Å². The van der Waals surface area contributed by atoms with Crippen molar-refractivity contribution in [3.8, 4) is 0 Å². The molecule has 0 saturated heterocycles. The summed E-state index contributed by atoms with van der Waals surface area (Å²) >= 11 is 1.48. The van der Waals surface area contributed by atoms with Gasteiger partial charge >= 0.3 is 0 Å². The molecule has 0 amide bonds. The molecule has 0 bridgehead atoms. The van der Waals surface area contributed by atoms with E-state index in [1.807, 2.05) is 30.6 Å². The summed E-state index contributed by atoms with van der Waals surface area (Å²) in [6.45, 7) is 0. The number of carbonyl (C=O) groups excluding carboxylic acids is 1. The highest BCUT2D eigenvalue weighted by molar-refractivity contribution is 7.13. The molecule has 0 aliphatic heterocycles. The number of nitrogens with zero attached hydrogens (tertiary/aromatic N) is 2. The van der Waals surface area contributed by atoms with E-state index in [1.54, 1.807) is 6.20 Å². The lowest BCUT2D eigenvalue weighted by Gasteiger charge is -2.02. The van der Waals surface area contributed by atoms with Gasteiger partial charge in [0.15, 0.2) is 0 Å². The highest BCUT2D eigenvalue weighted by Crippen LogP contribution is 2.48. The Balaban J connectivity index is 1.47. The molecule has 3 aromatic rings. The number of pyridine rings is 1. The molecule has 0 radical (unpaired) electrons. The van der Waals surface area contributed by atoms with E-state index in [0.29, 0.717) is 18.1 Å². The molecule has 1 aliphatic rings. The summed E-state index contributed by atoms with van der Waals surface area (Å²) in [5.74, 6) is 0.886. The molecule has 1 saturated carbocycles. The third-order valence-electron chi connectivity index (χ3n) is 4.12. The van der Waals surface area contributed by atoms with Crippen LogP contribution in [0.4, 0.5) is 0 Å². The van der Waals surface area contributed by atoms with Gasteiger partial charge in [-0.3, -0.25) is 9.78 Å². The Bertz CT molecular complexity index is 797. The molecule has 1 aliphatic carbocycles. The van der Waals surface area contributed by atoms with Gasteiger partial charge in [0.05, 0.1) is 4.70 Å². The smallest absolute Gasteiger partial charge is 0.140 e. The second-order valence-corrected chi connectivity index (χ2v) is 6.41. The Morgan fingerprint density at radius 3 is 3.10 bits per heavy atom. The Hall–Kier alpha value is -2.07. The number of ketones is 1. The Morgan fingerprint density at radius 2 is 2.24 bits per heavy atom. The first kappa shape index (κ1) is 12.7. The van der Waals surface area contributed by atoms with Crippen LogP contribution in [0.1, 0.15) is 23.5 Å². The summed E-state index contributed by atoms with van der Waals surface area (Å²) in [5, 5.41) is 1.15. The zero-order chi connectivity index (χ0) is 14.2. The van der Waals surface area contributed by atoms with Crippen LogP contribution in [-0.2, 0) is 11.2 Å². The van der Waals surface area contributed by atoms with Crippen molar-refractivity contribution in [3.63, 3.8) is 0 Å². The summed E-state index contributed by atoms with van der Waals surface area (Å²) in [4.78, 5) is 16.5. The van der Waals surface area contributed by atoms with E-state index < -0.39 is 0 Å². The van der Waals surface area contributed by atoms with Crippen LogP contribution in [0.5, 0.6) is 0 Å². The molecule has 1 fully saturated rings. The van der Waals surface area contributed by atoms with Crippen molar-refractivity contribution in [3.05, 3.63) is 60.0 Å². The minimum Gasteiger partial charge on any atom is -0.299 e. The van der Waals surface area contributed by atoms with Crippen LogP contribution in [0.25, 0.3) is 10.1 Å². The second kappa shape index (κ2) is 5.04. The van der Waals surface area contributed by atoms with Crippen molar-refractivity contribution in [2.24, 2.45) is 5.92 Å². The Labute approximate surface area is 126 Å². The standard InChI is InChI=1S/C17H14N2OS/c20-16(15-8-14(15)12-2-1-5-18-9-12)6-11-3-4-13-10-19-21-17(13)7-11/h1-5,7,9-10,14-15H,6,8H2/t14?,15-/m1/s1. The molecule has 104 valence electrons.